The van der Waals surface area contributed by atoms with E-state index >= 15 is 0 Å². The van der Waals surface area contributed by atoms with Crippen LogP contribution in [-0.2, 0) is 9.53 Å². The standard InChI is InChI=1S/C18H23ClN2O3/c1-3-5-17(24-7-4-6-19)18-15(22)8-13(9-16(18)23)14-10-20-12(2)21-11-14/h4,6,10-11,13,17,22H,3,5,7-9H2,1-2H3. The summed E-state index contributed by atoms with van der Waals surface area (Å²) in [6.07, 6.45) is 7.00. The van der Waals surface area contributed by atoms with Crippen molar-refractivity contribution in [1.29, 1.82) is 0 Å². The maximum Gasteiger partial charge on any atom is 0.165 e. The molecular weight excluding hydrogens is 328 g/mol. The summed E-state index contributed by atoms with van der Waals surface area (Å²) < 4.78 is 5.73. The van der Waals surface area contributed by atoms with Gasteiger partial charge in [-0.25, -0.2) is 9.97 Å². The van der Waals surface area contributed by atoms with Gasteiger partial charge in [-0.3, -0.25) is 4.79 Å². The zero-order valence-corrected chi connectivity index (χ0v) is 14.8. The molecule has 24 heavy (non-hydrogen) atoms. The first-order chi connectivity index (χ1) is 11.6. The van der Waals surface area contributed by atoms with Crippen LogP contribution in [0.4, 0.5) is 0 Å². The summed E-state index contributed by atoms with van der Waals surface area (Å²) in [7, 11) is 0. The summed E-state index contributed by atoms with van der Waals surface area (Å²) in [5.74, 6) is 0.639. The predicted molar refractivity (Wildman–Crippen MR) is 93.0 cm³/mol. The molecule has 2 atom stereocenters. The van der Waals surface area contributed by atoms with Crippen molar-refractivity contribution in [3.8, 4) is 0 Å². The molecule has 2 rings (SSSR count). The van der Waals surface area contributed by atoms with Gasteiger partial charge in [0.2, 0.25) is 0 Å². The molecule has 0 radical (unpaired) electrons. The normalized spacial score (nSPS) is 20.0. The number of Topliss-reactive ketones (excluding diaryl/α,β-unsaturated/α-hetero) is 1. The highest BCUT2D eigenvalue weighted by Crippen LogP contribution is 2.35. The first kappa shape index (κ1) is 18.6. The monoisotopic (exact) mass is 350 g/mol. The molecule has 1 aromatic rings. The molecular formula is C18H23ClN2O3. The third kappa shape index (κ3) is 4.65. The number of ether oxygens (including phenoxy) is 1. The van der Waals surface area contributed by atoms with Crippen molar-refractivity contribution in [2.75, 3.05) is 6.61 Å². The number of ketones is 1. The number of nitrogens with zero attached hydrogens (tertiary/aromatic N) is 2. The molecule has 0 aromatic carbocycles. The zero-order valence-electron chi connectivity index (χ0n) is 14.0. The number of rotatable bonds is 7. The van der Waals surface area contributed by atoms with Crippen molar-refractivity contribution < 1.29 is 14.6 Å². The summed E-state index contributed by atoms with van der Waals surface area (Å²) >= 11 is 5.50. The summed E-state index contributed by atoms with van der Waals surface area (Å²) in [5, 5.41) is 10.5. The Balaban J connectivity index is 2.18. The van der Waals surface area contributed by atoms with Gasteiger partial charge < -0.3 is 9.84 Å². The molecule has 1 aliphatic rings. The molecule has 6 heteroatoms. The number of aliphatic hydroxyl groups is 1. The van der Waals surface area contributed by atoms with Gasteiger partial charge in [0.1, 0.15) is 11.6 Å². The molecule has 0 spiro atoms. The quantitative estimate of drug-likeness (QED) is 0.805. The van der Waals surface area contributed by atoms with Crippen LogP contribution in [0.1, 0.15) is 49.9 Å². The van der Waals surface area contributed by atoms with Gasteiger partial charge in [-0.1, -0.05) is 24.9 Å². The average molecular weight is 351 g/mol. The molecule has 130 valence electrons. The molecule has 0 fully saturated rings. The lowest BCUT2D eigenvalue weighted by molar-refractivity contribution is -0.118. The lowest BCUT2D eigenvalue weighted by atomic mass is 9.81. The molecule has 0 bridgehead atoms. The lowest BCUT2D eigenvalue weighted by Crippen LogP contribution is -2.28. The summed E-state index contributed by atoms with van der Waals surface area (Å²) in [6, 6.07) is 0. The Kier molecular flexibility index (Phi) is 6.94. The highest BCUT2D eigenvalue weighted by Gasteiger charge is 2.33. The Morgan fingerprint density at radius 3 is 2.71 bits per heavy atom. The Hall–Kier alpha value is -1.72. The smallest absolute Gasteiger partial charge is 0.165 e. The van der Waals surface area contributed by atoms with E-state index in [9.17, 15) is 9.90 Å². The van der Waals surface area contributed by atoms with Crippen LogP contribution in [0.2, 0.25) is 0 Å². The summed E-state index contributed by atoms with van der Waals surface area (Å²) in [6.45, 7) is 4.14. The van der Waals surface area contributed by atoms with Crippen molar-refractivity contribution in [2.24, 2.45) is 0 Å². The minimum absolute atomic E-state index is 0.0716. The van der Waals surface area contributed by atoms with Gasteiger partial charge >= 0.3 is 0 Å². The SMILES string of the molecule is CCCC(OCC=CCl)C1=C(O)CC(c2cnc(C)nc2)CC1=O. The second kappa shape index (κ2) is 8.94. The van der Waals surface area contributed by atoms with Crippen molar-refractivity contribution in [2.45, 2.75) is 51.6 Å². The maximum atomic E-state index is 12.6. The van der Waals surface area contributed by atoms with E-state index in [0.29, 0.717) is 37.3 Å². The fourth-order valence-corrected chi connectivity index (χ4v) is 2.98. The van der Waals surface area contributed by atoms with Gasteiger partial charge in [0.15, 0.2) is 5.78 Å². The third-order valence-corrected chi connectivity index (χ3v) is 4.29. The number of hydrogen-bond acceptors (Lipinski definition) is 5. The van der Waals surface area contributed by atoms with Gasteiger partial charge in [-0.05, 0) is 25.0 Å². The number of aromatic nitrogens is 2. The number of aliphatic hydroxyl groups excluding tert-OH is 1. The van der Waals surface area contributed by atoms with Crippen molar-refractivity contribution in [1.82, 2.24) is 9.97 Å². The van der Waals surface area contributed by atoms with Crippen LogP contribution in [0.15, 0.2) is 35.3 Å². The maximum absolute atomic E-state index is 12.6. The summed E-state index contributed by atoms with van der Waals surface area (Å²) in [5.41, 5.74) is 2.66. The molecule has 0 aliphatic heterocycles. The Bertz CT molecular complexity index is 626. The largest absolute Gasteiger partial charge is 0.512 e. The van der Waals surface area contributed by atoms with Gasteiger partial charge in [0, 0.05) is 36.7 Å². The van der Waals surface area contributed by atoms with Crippen LogP contribution in [0, 0.1) is 6.92 Å². The molecule has 5 nitrogen and oxygen atoms in total. The minimum atomic E-state index is -0.398. The number of hydrogen-bond donors (Lipinski definition) is 1. The van der Waals surface area contributed by atoms with Gasteiger partial charge in [-0.15, -0.1) is 0 Å². The third-order valence-electron chi connectivity index (χ3n) is 4.11. The number of aryl methyl sites for hydroxylation is 1. The Morgan fingerprint density at radius 2 is 2.12 bits per heavy atom. The molecule has 0 amide bonds. The fraction of sp³-hybridized carbons (Fsp3) is 0.500. The first-order valence-electron chi connectivity index (χ1n) is 8.17. The number of halogens is 1. The van der Waals surface area contributed by atoms with E-state index in [1.807, 2.05) is 13.8 Å². The first-order valence-corrected chi connectivity index (χ1v) is 8.61. The van der Waals surface area contributed by atoms with E-state index in [0.717, 1.165) is 12.0 Å². The Morgan fingerprint density at radius 1 is 1.42 bits per heavy atom. The van der Waals surface area contributed by atoms with Crippen LogP contribution in [0.3, 0.4) is 0 Å². The van der Waals surface area contributed by atoms with Crippen molar-refractivity contribution >= 4 is 17.4 Å². The van der Waals surface area contributed by atoms with Gasteiger partial charge in [0.05, 0.1) is 18.3 Å². The number of allylic oxidation sites excluding steroid dienone is 1. The molecule has 1 aromatic heterocycles. The highest BCUT2D eigenvalue weighted by molar-refractivity contribution is 6.25. The number of carbonyl (C=O) groups is 1. The Labute approximate surface area is 147 Å². The van der Waals surface area contributed by atoms with E-state index in [1.54, 1.807) is 18.5 Å². The summed E-state index contributed by atoms with van der Waals surface area (Å²) in [4.78, 5) is 21.0. The molecule has 0 saturated heterocycles. The average Bonchev–Trinajstić information content (AvgIpc) is 2.55. The van der Waals surface area contributed by atoms with Gasteiger partial charge in [0.25, 0.3) is 0 Å². The molecule has 0 saturated carbocycles. The van der Waals surface area contributed by atoms with E-state index in [4.69, 9.17) is 16.3 Å². The lowest BCUT2D eigenvalue weighted by Gasteiger charge is -2.27. The number of carbonyl (C=O) groups excluding carboxylic acids is 1. The minimum Gasteiger partial charge on any atom is -0.512 e. The van der Waals surface area contributed by atoms with Crippen molar-refractivity contribution in [3.05, 3.63) is 46.7 Å². The van der Waals surface area contributed by atoms with Crippen LogP contribution in [0.25, 0.3) is 0 Å². The van der Waals surface area contributed by atoms with Crippen LogP contribution in [0.5, 0.6) is 0 Å². The zero-order chi connectivity index (χ0) is 17.5. The van der Waals surface area contributed by atoms with Crippen LogP contribution >= 0.6 is 11.6 Å². The van der Waals surface area contributed by atoms with E-state index in [2.05, 4.69) is 9.97 Å². The molecule has 2 unspecified atom stereocenters. The van der Waals surface area contributed by atoms with E-state index < -0.39 is 6.10 Å². The topological polar surface area (TPSA) is 72.3 Å². The van der Waals surface area contributed by atoms with E-state index in [1.165, 1.54) is 5.54 Å². The molecule has 1 aliphatic carbocycles. The predicted octanol–water partition coefficient (Wildman–Crippen LogP) is 3.98. The molecule has 1 heterocycles. The second-order valence-corrected chi connectivity index (χ2v) is 6.18. The fourth-order valence-electron chi connectivity index (χ4n) is 2.91. The van der Waals surface area contributed by atoms with Crippen LogP contribution in [-0.4, -0.2) is 33.6 Å². The second-order valence-electron chi connectivity index (χ2n) is 5.92. The van der Waals surface area contributed by atoms with Gasteiger partial charge in [-0.2, -0.15) is 0 Å². The highest BCUT2D eigenvalue weighted by atomic mass is 35.5. The van der Waals surface area contributed by atoms with Crippen LogP contribution < -0.4 is 0 Å². The van der Waals surface area contributed by atoms with E-state index in [-0.39, 0.29) is 17.5 Å². The van der Waals surface area contributed by atoms with Crippen molar-refractivity contribution in [3.63, 3.8) is 0 Å². The molecule has 1 N–H and O–H groups in total.